The number of piperidine rings is 1. The second-order valence-corrected chi connectivity index (χ2v) is 9.91. The number of hydrogen-bond acceptors (Lipinski definition) is 7. The van der Waals surface area contributed by atoms with E-state index in [0.29, 0.717) is 38.0 Å². The smallest absolute Gasteiger partial charge is 0.332 e. The Morgan fingerprint density at radius 2 is 1.78 bits per heavy atom. The fourth-order valence-corrected chi connectivity index (χ4v) is 5.55. The molecule has 2 aliphatic rings. The Kier molecular flexibility index (Phi) is 5.74. The highest BCUT2D eigenvalue weighted by atomic mass is 32.1. The minimum absolute atomic E-state index is 0.115. The van der Waals surface area contributed by atoms with Crippen LogP contribution in [0.15, 0.2) is 60.9 Å². The number of carbonyl (C=O) groups is 2. The zero-order valence-electron chi connectivity index (χ0n) is 19.6. The van der Waals surface area contributed by atoms with Gasteiger partial charge in [-0.05, 0) is 69.4 Å². The van der Waals surface area contributed by atoms with Crippen molar-refractivity contribution in [2.75, 3.05) is 30.4 Å². The molecule has 9 nitrogen and oxygen atoms in total. The molecule has 2 aliphatic heterocycles. The van der Waals surface area contributed by atoms with E-state index in [0.717, 1.165) is 31.7 Å². The fraction of sp³-hybridized carbons (Fsp3) is 0.231. The van der Waals surface area contributed by atoms with Crippen LogP contribution < -0.4 is 20.3 Å². The molecule has 3 amide bonds. The highest BCUT2D eigenvalue weighted by Crippen LogP contribution is 2.44. The number of nitrogens with one attached hydrogen (secondary N) is 2. The molecule has 1 saturated heterocycles. The van der Waals surface area contributed by atoms with Crippen LogP contribution in [0.4, 0.5) is 22.0 Å². The summed E-state index contributed by atoms with van der Waals surface area (Å²) < 4.78 is 5.87. The summed E-state index contributed by atoms with van der Waals surface area (Å²) in [7, 11) is 2.08. The van der Waals surface area contributed by atoms with Crippen molar-refractivity contribution in [3.05, 3.63) is 65.8 Å². The summed E-state index contributed by atoms with van der Waals surface area (Å²) in [6.45, 7) is 1.89. The van der Waals surface area contributed by atoms with Crippen LogP contribution >= 0.6 is 11.3 Å². The van der Waals surface area contributed by atoms with Crippen molar-refractivity contribution in [2.24, 2.45) is 0 Å². The van der Waals surface area contributed by atoms with Gasteiger partial charge >= 0.3 is 6.03 Å². The van der Waals surface area contributed by atoms with E-state index in [2.05, 4.69) is 32.5 Å². The third-order valence-electron chi connectivity index (χ3n) is 6.45. The van der Waals surface area contributed by atoms with Gasteiger partial charge in [-0.15, -0.1) is 11.3 Å². The molecule has 6 rings (SSSR count). The average molecular weight is 501 g/mol. The quantitative estimate of drug-likeness (QED) is 0.400. The Morgan fingerprint density at radius 1 is 1.06 bits per heavy atom. The van der Waals surface area contributed by atoms with Crippen molar-refractivity contribution in [3.63, 3.8) is 0 Å². The topological polar surface area (TPSA) is 99.7 Å². The molecule has 2 N–H and O–H groups in total. The molecule has 2 aromatic heterocycles. The van der Waals surface area contributed by atoms with E-state index in [-0.39, 0.29) is 18.0 Å². The maximum absolute atomic E-state index is 13.3. The van der Waals surface area contributed by atoms with Crippen molar-refractivity contribution in [3.8, 4) is 11.5 Å². The van der Waals surface area contributed by atoms with Gasteiger partial charge in [0.05, 0.1) is 16.8 Å². The van der Waals surface area contributed by atoms with E-state index in [1.165, 1.54) is 22.6 Å². The minimum atomic E-state index is -0.383. The summed E-state index contributed by atoms with van der Waals surface area (Å²) in [5.74, 6) is 1.64. The van der Waals surface area contributed by atoms with Crippen molar-refractivity contribution in [1.29, 1.82) is 0 Å². The summed E-state index contributed by atoms with van der Waals surface area (Å²) in [5.41, 5.74) is 1.10. The first-order valence-electron chi connectivity index (χ1n) is 11.8. The van der Waals surface area contributed by atoms with E-state index in [1.54, 1.807) is 24.3 Å². The van der Waals surface area contributed by atoms with Crippen LogP contribution in [0.3, 0.4) is 0 Å². The summed E-state index contributed by atoms with van der Waals surface area (Å²) in [6, 6.07) is 16.4. The van der Waals surface area contributed by atoms with Crippen molar-refractivity contribution < 1.29 is 14.3 Å². The maximum atomic E-state index is 13.3. The van der Waals surface area contributed by atoms with Crippen LogP contribution in [-0.2, 0) is 0 Å². The average Bonchev–Trinajstić information content (AvgIpc) is 3.26. The number of anilines is 3. The monoisotopic (exact) mass is 500 g/mol. The number of para-hydroxylation sites is 1. The molecular weight excluding hydrogens is 476 g/mol. The van der Waals surface area contributed by atoms with E-state index < -0.39 is 0 Å². The first kappa shape index (κ1) is 22.4. The molecule has 0 aliphatic carbocycles. The Balaban J connectivity index is 1.29. The Hall–Kier alpha value is -4.02. The second kappa shape index (κ2) is 9.21. The number of hydrogen-bond donors (Lipinski definition) is 2. The number of urea groups is 1. The second-order valence-electron chi connectivity index (χ2n) is 8.91. The molecule has 0 radical (unpaired) electrons. The van der Waals surface area contributed by atoms with Crippen LogP contribution in [0.2, 0.25) is 0 Å². The van der Waals surface area contributed by atoms with Gasteiger partial charge in [0.25, 0.3) is 5.91 Å². The molecule has 36 heavy (non-hydrogen) atoms. The van der Waals surface area contributed by atoms with Crippen LogP contribution in [0, 0.1) is 0 Å². The third kappa shape index (κ3) is 4.14. The van der Waals surface area contributed by atoms with E-state index in [9.17, 15) is 9.59 Å². The zero-order chi connectivity index (χ0) is 24.6. The lowest BCUT2D eigenvalue weighted by Crippen LogP contribution is -2.43. The number of aromatic nitrogens is 2. The number of thiophene rings is 1. The van der Waals surface area contributed by atoms with Gasteiger partial charge in [0, 0.05) is 6.04 Å². The first-order valence-corrected chi connectivity index (χ1v) is 12.6. The SMILES string of the molecule is CN1CCC(NC(=O)c2sc3ncnc4c3c2NC(=O)N4c2ccc(Oc3ccccc3)cc2)CC1. The van der Waals surface area contributed by atoms with Gasteiger partial charge in [-0.25, -0.2) is 19.7 Å². The number of amides is 3. The van der Waals surface area contributed by atoms with Crippen LogP contribution in [0.25, 0.3) is 10.2 Å². The van der Waals surface area contributed by atoms with Crippen LogP contribution in [0.1, 0.15) is 22.5 Å². The summed E-state index contributed by atoms with van der Waals surface area (Å²) in [4.78, 5) is 40.1. The van der Waals surface area contributed by atoms with Gasteiger partial charge in [-0.3, -0.25) is 4.79 Å². The maximum Gasteiger partial charge on any atom is 0.332 e. The van der Waals surface area contributed by atoms with Gasteiger partial charge in [-0.2, -0.15) is 0 Å². The Morgan fingerprint density at radius 3 is 2.53 bits per heavy atom. The molecule has 10 heteroatoms. The van der Waals surface area contributed by atoms with Crippen LogP contribution in [0.5, 0.6) is 11.5 Å². The lowest BCUT2D eigenvalue weighted by molar-refractivity contribution is 0.0922. The molecule has 0 bridgehead atoms. The Bertz CT molecular complexity index is 1430. The Labute approximate surface area is 211 Å². The van der Waals surface area contributed by atoms with Gasteiger partial charge in [0.15, 0.2) is 5.82 Å². The predicted octanol–water partition coefficient (Wildman–Crippen LogP) is 4.99. The van der Waals surface area contributed by atoms with E-state index in [1.807, 2.05) is 30.3 Å². The lowest BCUT2D eigenvalue weighted by atomic mass is 10.1. The van der Waals surface area contributed by atoms with Gasteiger partial charge in [-0.1, -0.05) is 18.2 Å². The molecule has 1 fully saturated rings. The summed E-state index contributed by atoms with van der Waals surface area (Å²) >= 11 is 1.27. The number of benzene rings is 2. The van der Waals surface area contributed by atoms with Gasteiger partial charge in [0.2, 0.25) is 0 Å². The predicted molar refractivity (Wildman–Crippen MR) is 140 cm³/mol. The zero-order valence-corrected chi connectivity index (χ0v) is 20.4. The van der Waals surface area contributed by atoms with Crippen molar-refractivity contribution >= 4 is 50.7 Å². The number of rotatable bonds is 5. The normalized spacial score (nSPS) is 16.1. The molecular formula is C26H24N6O3S. The molecule has 182 valence electrons. The molecule has 4 aromatic rings. The molecule has 4 heterocycles. The number of nitrogens with zero attached hydrogens (tertiary/aromatic N) is 4. The molecule has 0 atom stereocenters. The standard InChI is InChI=1S/C26H24N6O3S/c1-31-13-11-16(12-14-31)29-24(33)22-21-20-23(27-15-28-25(20)36-22)32(26(34)30-21)17-7-9-19(10-8-17)35-18-5-3-2-4-6-18/h2-10,15-16H,11-14H2,1H3,(H,29,33)(H,30,34). The molecule has 0 spiro atoms. The van der Waals surface area contributed by atoms with Crippen molar-refractivity contribution in [2.45, 2.75) is 18.9 Å². The number of carbonyl (C=O) groups excluding carboxylic acids is 2. The van der Waals surface area contributed by atoms with E-state index in [4.69, 9.17) is 4.74 Å². The minimum Gasteiger partial charge on any atom is -0.457 e. The third-order valence-corrected chi connectivity index (χ3v) is 7.55. The molecule has 0 unspecified atom stereocenters. The van der Waals surface area contributed by atoms with Crippen LogP contribution in [-0.4, -0.2) is 53.0 Å². The molecule has 0 saturated carbocycles. The van der Waals surface area contributed by atoms with Gasteiger partial charge in [0.1, 0.15) is 27.5 Å². The van der Waals surface area contributed by atoms with E-state index >= 15 is 0 Å². The largest absolute Gasteiger partial charge is 0.457 e. The molecule has 2 aromatic carbocycles. The number of ether oxygens (including phenoxy) is 1. The highest BCUT2D eigenvalue weighted by Gasteiger charge is 2.34. The summed E-state index contributed by atoms with van der Waals surface area (Å²) in [6.07, 6.45) is 3.23. The lowest BCUT2D eigenvalue weighted by Gasteiger charge is -2.29. The fourth-order valence-electron chi connectivity index (χ4n) is 4.56. The number of likely N-dealkylation sites (tertiary alicyclic amines) is 1. The first-order chi connectivity index (χ1) is 17.6. The van der Waals surface area contributed by atoms with Gasteiger partial charge < -0.3 is 20.3 Å². The summed E-state index contributed by atoms with van der Waals surface area (Å²) in [5, 5.41) is 6.72. The highest BCUT2D eigenvalue weighted by molar-refractivity contribution is 7.21. The van der Waals surface area contributed by atoms with Crippen molar-refractivity contribution in [1.82, 2.24) is 20.2 Å².